The number of nitrogens with one attached hydrogen (secondary N) is 1. The molecule has 2 atom stereocenters. The lowest BCUT2D eigenvalue weighted by atomic mass is 9.84. The second-order valence-electron chi connectivity index (χ2n) is 17.4. The molecule has 1 N–H and O–H groups in total. The van der Waals surface area contributed by atoms with Crippen molar-refractivity contribution in [1.82, 2.24) is 48.1 Å². The Morgan fingerprint density at radius 1 is 0.968 bits per heavy atom. The van der Waals surface area contributed by atoms with Gasteiger partial charge >= 0.3 is 11.4 Å². The molecule has 8 aromatic rings. The number of aromatic nitrogens is 9. The number of fused-ring (bicyclic) bond motifs is 3. The summed E-state index contributed by atoms with van der Waals surface area (Å²) in [4.78, 5) is 46.7. The van der Waals surface area contributed by atoms with Crippen LogP contribution in [-0.2, 0) is 23.6 Å². The number of H-pyrrole nitrogens is 1. The van der Waals surface area contributed by atoms with Gasteiger partial charge in [-0.3, -0.25) is 28.1 Å². The number of amides is 1. The quantitative estimate of drug-likeness (QED) is 0.193. The Balaban J connectivity index is 1.04. The molecule has 0 spiro atoms. The van der Waals surface area contributed by atoms with Gasteiger partial charge in [0.1, 0.15) is 11.6 Å². The SMILES string of the molecule is C[C@H]1c2c(nn(-c3ccc(F)cc3)c2-n2ccn(-c3ccc4c(cnn4C)c3F)c2=O)CCN1C(=O)c1cn2cc([C@H]3CCOC(C)(C)C3)ccc2c1C1(c2noc(=O)[nH]2)CC1. The molecule has 3 aliphatic rings. The van der Waals surface area contributed by atoms with Gasteiger partial charge in [0.05, 0.1) is 62.3 Å². The summed E-state index contributed by atoms with van der Waals surface area (Å²) >= 11 is 0. The predicted molar refractivity (Wildman–Crippen MR) is 222 cm³/mol. The van der Waals surface area contributed by atoms with Crippen molar-refractivity contribution < 1.29 is 22.8 Å². The molecule has 1 amide bonds. The third-order valence-corrected chi connectivity index (χ3v) is 13.2. The van der Waals surface area contributed by atoms with Gasteiger partial charge in [0.15, 0.2) is 11.6 Å². The van der Waals surface area contributed by atoms with Crippen molar-refractivity contribution in [3.8, 4) is 17.2 Å². The molecule has 1 saturated carbocycles. The minimum absolute atomic E-state index is 0.0419. The third-order valence-electron chi connectivity index (χ3n) is 13.2. The van der Waals surface area contributed by atoms with Crippen molar-refractivity contribution in [1.29, 1.82) is 0 Å². The van der Waals surface area contributed by atoms with Crippen molar-refractivity contribution >= 4 is 22.3 Å². The van der Waals surface area contributed by atoms with Crippen LogP contribution in [0.25, 0.3) is 33.6 Å². The maximum atomic E-state index is 16.0. The van der Waals surface area contributed by atoms with Crippen molar-refractivity contribution in [3.05, 3.63) is 146 Å². The number of rotatable bonds is 7. The highest BCUT2D eigenvalue weighted by molar-refractivity contribution is 5.99. The van der Waals surface area contributed by atoms with Gasteiger partial charge < -0.3 is 14.0 Å². The van der Waals surface area contributed by atoms with E-state index < -0.39 is 34.5 Å². The van der Waals surface area contributed by atoms with E-state index in [4.69, 9.17) is 14.4 Å². The number of carbonyl (C=O) groups is 1. The van der Waals surface area contributed by atoms with E-state index in [1.165, 1.54) is 39.7 Å². The van der Waals surface area contributed by atoms with Crippen molar-refractivity contribution in [2.75, 3.05) is 13.2 Å². The minimum atomic E-state index is -0.749. The first-order valence-corrected chi connectivity index (χ1v) is 20.8. The van der Waals surface area contributed by atoms with Crippen LogP contribution in [0, 0.1) is 11.6 Å². The van der Waals surface area contributed by atoms with E-state index in [-0.39, 0.29) is 28.5 Å². The Morgan fingerprint density at radius 2 is 1.74 bits per heavy atom. The molecule has 15 nitrogen and oxygen atoms in total. The van der Waals surface area contributed by atoms with Crippen molar-refractivity contribution in [3.63, 3.8) is 0 Å². The second-order valence-corrected chi connectivity index (χ2v) is 17.4. The first-order chi connectivity index (χ1) is 29.8. The molecule has 0 unspecified atom stereocenters. The molecule has 17 heteroatoms. The lowest BCUT2D eigenvalue weighted by Gasteiger charge is -2.35. The van der Waals surface area contributed by atoms with Crippen LogP contribution in [0.3, 0.4) is 0 Å². The summed E-state index contributed by atoms with van der Waals surface area (Å²) in [6, 6.07) is 12.6. The molecular formula is C45H42F2N10O5. The molecule has 1 aliphatic carbocycles. The fourth-order valence-electron chi connectivity index (χ4n) is 9.95. The third kappa shape index (κ3) is 5.77. The fourth-order valence-corrected chi connectivity index (χ4v) is 9.95. The molecule has 2 aromatic carbocycles. The number of aryl methyl sites for hydroxylation is 1. The van der Waals surface area contributed by atoms with E-state index in [9.17, 15) is 14.0 Å². The monoisotopic (exact) mass is 840 g/mol. The largest absolute Gasteiger partial charge is 0.438 e. The number of nitrogens with zero attached hydrogens (tertiary/aromatic N) is 9. The maximum Gasteiger partial charge on any atom is 0.438 e. The Morgan fingerprint density at radius 3 is 2.48 bits per heavy atom. The Labute approximate surface area is 351 Å². The molecule has 11 rings (SSSR count). The Hall–Kier alpha value is -6.88. The van der Waals surface area contributed by atoms with Crippen LogP contribution in [0.1, 0.15) is 97.0 Å². The Kier molecular flexibility index (Phi) is 8.33. The number of hydrogen-bond donors (Lipinski definition) is 1. The molecule has 2 aliphatic heterocycles. The van der Waals surface area contributed by atoms with Crippen LogP contribution in [0.15, 0.2) is 93.6 Å². The number of aromatic amines is 1. The fraction of sp³-hybridized carbons (Fsp3) is 0.333. The number of hydrogen-bond acceptors (Lipinski definition) is 8. The highest BCUT2D eigenvalue weighted by Gasteiger charge is 2.53. The lowest BCUT2D eigenvalue weighted by Crippen LogP contribution is -2.40. The summed E-state index contributed by atoms with van der Waals surface area (Å²) in [7, 11) is 1.71. The first kappa shape index (κ1) is 38.1. The zero-order valence-electron chi connectivity index (χ0n) is 34.4. The maximum absolute atomic E-state index is 16.0. The number of halogens is 2. The molecular weight excluding hydrogens is 799 g/mol. The lowest BCUT2D eigenvalue weighted by molar-refractivity contribution is -0.0593. The predicted octanol–water partition coefficient (Wildman–Crippen LogP) is 6.42. The highest BCUT2D eigenvalue weighted by atomic mass is 19.1. The van der Waals surface area contributed by atoms with Gasteiger partial charge in [0, 0.05) is 62.5 Å². The summed E-state index contributed by atoms with van der Waals surface area (Å²) in [5.41, 5.74) is 3.99. The van der Waals surface area contributed by atoms with Gasteiger partial charge in [-0.1, -0.05) is 11.2 Å². The van der Waals surface area contributed by atoms with E-state index in [0.29, 0.717) is 72.1 Å². The summed E-state index contributed by atoms with van der Waals surface area (Å²) in [6.07, 6.45) is 11.8. The van der Waals surface area contributed by atoms with Gasteiger partial charge in [-0.2, -0.15) is 10.2 Å². The van der Waals surface area contributed by atoms with E-state index in [2.05, 4.69) is 47.4 Å². The number of benzene rings is 2. The zero-order valence-corrected chi connectivity index (χ0v) is 34.4. The van der Waals surface area contributed by atoms with Crippen LogP contribution < -0.4 is 11.4 Å². The van der Waals surface area contributed by atoms with Gasteiger partial charge in [-0.05, 0) is 100 Å². The summed E-state index contributed by atoms with van der Waals surface area (Å²) in [6.45, 7) is 7.07. The number of pyridine rings is 1. The van der Waals surface area contributed by atoms with E-state index in [1.54, 1.807) is 45.7 Å². The average Bonchev–Trinajstić information content (AvgIpc) is 3.71. The minimum Gasteiger partial charge on any atom is -0.376 e. The highest BCUT2D eigenvalue weighted by Crippen LogP contribution is 2.55. The van der Waals surface area contributed by atoms with Gasteiger partial charge in [0.25, 0.3) is 5.91 Å². The number of imidazole rings is 1. The molecule has 8 heterocycles. The standard InChI is InChI=1S/C45H42F2N10O5/c1-25-36-32(50-57(29-8-6-28(46)7-9-29)39(36)56-19-18-55(43(56)60)35-12-11-33-30(38(35)47)22-48-52(33)4)13-17-54(25)40(58)31-24-53-23-27(26-14-20-61-44(2,3)21-26)5-10-34(53)37(31)45(15-16-45)41-49-42(59)62-51-41/h5-12,18-19,22-26H,13-17,20-21H2,1-4H3,(H,49,51,59)/t25-,26-/m0/s1. The van der Waals surface area contributed by atoms with Gasteiger partial charge in [-0.25, -0.2) is 23.1 Å². The zero-order chi connectivity index (χ0) is 42.8. The van der Waals surface area contributed by atoms with Crippen LogP contribution in [0.4, 0.5) is 8.78 Å². The molecule has 316 valence electrons. The van der Waals surface area contributed by atoms with Crippen molar-refractivity contribution in [2.45, 2.75) is 75.9 Å². The Bertz CT molecular complexity index is 3230. The molecule has 0 radical (unpaired) electrons. The average molecular weight is 841 g/mol. The van der Waals surface area contributed by atoms with Crippen LogP contribution in [0.5, 0.6) is 0 Å². The van der Waals surface area contributed by atoms with E-state index >= 15 is 9.18 Å². The summed E-state index contributed by atoms with van der Waals surface area (Å²) in [5.74, 6) is -0.973. The van der Waals surface area contributed by atoms with Crippen molar-refractivity contribution in [2.24, 2.45) is 7.05 Å². The van der Waals surface area contributed by atoms with Crippen LogP contribution >= 0.6 is 0 Å². The second kappa shape index (κ2) is 13.6. The van der Waals surface area contributed by atoms with E-state index in [0.717, 1.165) is 29.5 Å². The summed E-state index contributed by atoms with van der Waals surface area (Å²) < 4.78 is 49.1. The molecule has 62 heavy (non-hydrogen) atoms. The normalized spacial score (nSPS) is 19.4. The molecule has 1 saturated heterocycles. The van der Waals surface area contributed by atoms with Gasteiger partial charge in [-0.15, -0.1) is 0 Å². The van der Waals surface area contributed by atoms with Crippen LogP contribution in [-0.4, -0.2) is 72.8 Å². The number of carbonyl (C=O) groups excluding carboxylic acids is 1. The topological polar surface area (TPSA) is 155 Å². The van der Waals surface area contributed by atoms with E-state index in [1.807, 2.05) is 17.5 Å². The first-order valence-electron chi connectivity index (χ1n) is 20.8. The summed E-state index contributed by atoms with van der Waals surface area (Å²) in [5, 5.41) is 13.5. The number of ether oxygens (including phenoxy) is 1. The molecule has 6 aromatic heterocycles. The smallest absolute Gasteiger partial charge is 0.376 e. The molecule has 2 fully saturated rings. The molecule has 0 bridgehead atoms. The van der Waals surface area contributed by atoms with Gasteiger partial charge in [0.2, 0.25) is 0 Å². The van der Waals surface area contributed by atoms with Crippen LogP contribution in [0.2, 0.25) is 0 Å².